The molecule has 2 aliphatic rings. The van der Waals surface area contributed by atoms with Crippen molar-refractivity contribution in [1.82, 2.24) is 10.6 Å². The van der Waals surface area contributed by atoms with Gasteiger partial charge in [-0.2, -0.15) is 0 Å². The van der Waals surface area contributed by atoms with Gasteiger partial charge < -0.3 is 15.7 Å². The molecule has 0 aromatic carbocycles. The minimum Gasteiger partial charge on any atom is -0.396 e. The van der Waals surface area contributed by atoms with E-state index in [1.807, 2.05) is 0 Å². The van der Waals surface area contributed by atoms with E-state index >= 15 is 0 Å². The van der Waals surface area contributed by atoms with Gasteiger partial charge in [0.1, 0.15) is 0 Å². The lowest BCUT2D eigenvalue weighted by atomic mass is 9.93. The Morgan fingerprint density at radius 3 is 3.06 bits per heavy atom. The van der Waals surface area contributed by atoms with Crippen molar-refractivity contribution >= 4 is 5.91 Å². The van der Waals surface area contributed by atoms with Gasteiger partial charge in [0, 0.05) is 13.2 Å². The summed E-state index contributed by atoms with van der Waals surface area (Å²) in [4.78, 5) is 12.2. The second kappa shape index (κ2) is 6.53. The summed E-state index contributed by atoms with van der Waals surface area (Å²) in [5, 5.41) is 15.4. The number of amides is 1. The van der Waals surface area contributed by atoms with Crippen LogP contribution in [0.3, 0.4) is 0 Å². The van der Waals surface area contributed by atoms with Gasteiger partial charge in [-0.15, -0.1) is 0 Å². The molecular formula is C14H26N2O2. The average molecular weight is 254 g/mol. The minimum absolute atomic E-state index is 0.0316. The highest BCUT2D eigenvalue weighted by molar-refractivity contribution is 5.82. The minimum atomic E-state index is 0.0316. The van der Waals surface area contributed by atoms with E-state index in [0.29, 0.717) is 18.4 Å². The first-order chi connectivity index (χ1) is 8.76. The van der Waals surface area contributed by atoms with Gasteiger partial charge >= 0.3 is 0 Å². The van der Waals surface area contributed by atoms with Gasteiger partial charge in [-0.25, -0.2) is 0 Å². The van der Waals surface area contributed by atoms with E-state index in [2.05, 4.69) is 17.6 Å². The van der Waals surface area contributed by atoms with Crippen molar-refractivity contribution in [2.45, 2.75) is 45.1 Å². The molecule has 1 amide bonds. The molecule has 18 heavy (non-hydrogen) atoms. The lowest BCUT2D eigenvalue weighted by molar-refractivity contribution is -0.124. The van der Waals surface area contributed by atoms with Crippen LogP contribution in [0.2, 0.25) is 0 Å². The zero-order valence-corrected chi connectivity index (χ0v) is 11.3. The summed E-state index contributed by atoms with van der Waals surface area (Å²) in [6.07, 6.45) is 5.54. The monoisotopic (exact) mass is 254 g/mol. The maximum absolute atomic E-state index is 12.2. The van der Waals surface area contributed by atoms with Crippen LogP contribution in [0.25, 0.3) is 0 Å². The van der Waals surface area contributed by atoms with E-state index in [-0.39, 0.29) is 18.6 Å². The van der Waals surface area contributed by atoms with E-state index in [0.717, 1.165) is 25.3 Å². The molecule has 4 nitrogen and oxygen atoms in total. The Hall–Kier alpha value is -0.610. The molecule has 1 saturated carbocycles. The van der Waals surface area contributed by atoms with Gasteiger partial charge in [-0.05, 0) is 43.6 Å². The molecule has 0 radical (unpaired) electrons. The number of rotatable bonds is 6. The van der Waals surface area contributed by atoms with Gasteiger partial charge in [0.2, 0.25) is 5.91 Å². The van der Waals surface area contributed by atoms with Gasteiger partial charge in [-0.1, -0.05) is 19.8 Å². The van der Waals surface area contributed by atoms with Gasteiger partial charge in [-0.3, -0.25) is 4.79 Å². The van der Waals surface area contributed by atoms with Crippen LogP contribution >= 0.6 is 0 Å². The van der Waals surface area contributed by atoms with Crippen molar-refractivity contribution in [3.63, 3.8) is 0 Å². The Kier molecular flexibility index (Phi) is 5.01. The Bertz CT molecular complexity index is 283. The van der Waals surface area contributed by atoms with Crippen molar-refractivity contribution in [3.05, 3.63) is 0 Å². The molecule has 2 fully saturated rings. The van der Waals surface area contributed by atoms with Gasteiger partial charge in [0.25, 0.3) is 0 Å². The first kappa shape index (κ1) is 13.8. The van der Waals surface area contributed by atoms with Crippen LogP contribution in [0.4, 0.5) is 0 Å². The highest BCUT2D eigenvalue weighted by Crippen LogP contribution is 2.37. The molecule has 4 atom stereocenters. The SMILES string of the molecule is CCC(CCO)CNC(=O)C1NCC2CCCC21. The molecule has 1 aliphatic heterocycles. The summed E-state index contributed by atoms with van der Waals surface area (Å²) in [5.41, 5.74) is 0. The van der Waals surface area contributed by atoms with E-state index in [9.17, 15) is 4.79 Å². The van der Waals surface area contributed by atoms with Crippen LogP contribution in [0.15, 0.2) is 0 Å². The van der Waals surface area contributed by atoms with E-state index in [4.69, 9.17) is 5.11 Å². The number of carbonyl (C=O) groups is 1. The zero-order chi connectivity index (χ0) is 13.0. The number of aliphatic hydroxyl groups is 1. The molecule has 4 unspecified atom stereocenters. The number of hydrogen-bond donors (Lipinski definition) is 3. The lowest BCUT2D eigenvalue weighted by Gasteiger charge is -2.20. The number of hydrogen-bond acceptors (Lipinski definition) is 3. The third kappa shape index (κ3) is 3.04. The second-order valence-electron chi connectivity index (χ2n) is 5.77. The largest absolute Gasteiger partial charge is 0.396 e. The molecular weight excluding hydrogens is 228 g/mol. The summed E-state index contributed by atoms with van der Waals surface area (Å²) in [7, 11) is 0. The van der Waals surface area contributed by atoms with Crippen LogP contribution in [0, 0.1) is 17.8 Å². The number of fused-ring (bicyclic) bond motifs is 1. The predicted octanol–water partition coefficient (Wildman–Crippen LogP) is 0.899. The molecule has 1 heterocycles. The van der Waals surface area contributed by atoms with Crippen LogP contribution in [-0.4, -0.2) is 36.8 Å². The summed E-state index contributed by atoms with van der Waals surface area (Å²) in [5.74, 6) is 1.85. The molecule has 2 rings (SSSR count). The van der Waals surface area contributed by atoms with Crippen molar-refractivity contribution in [2.75, 3.05) is 19.7 Å². The topological polar surface area (TPSA) is 61.4 Å². The highest BCUT2D eigenvalue weighted by Gasteiger charge is 2.42. The summed E-state index contributed by atoms with van der Waals surface area (Å²) in [6, 6.07) is 0.0316. The molecule has 0 spiro atoms. The first-order valence-corrected chi connectivity index (χ1v) is 7.38. The Labute approximate surface area is 110 Å². The molecule has 0 aromatic rings. The Balaban J connectivity index is 1.77. The zero-order valence-electron chi connectivity index (χ0n) is 11.3. The van der Waals surface area contributed by atoms with Gasteiger partial charge in [0.05, 0.1) is 6.04 Å². The number of carbonyl (C=O) groups excluding carboxylic acids is 1. The second-order valence-corrected chi connectivity index (χ2v) is 5.77. The van der Waals surface area contributed by atoms with Crippen molar-refractivity contribution < 1.29 is 9.90 Å². The third-order valence-electron chi connectivity index (χ3n) is 4.71. The molecule has 0 aromatic heterocycles. The van der Waals surface area contributed by atoms with Crippen molar-refractivity contribution in [1.29, 1.82) is 0 Å². The lowest BCUT2D eigenvalue weighted by Crippen LogP contribution is -2.45. The summed E-state index contributed by atoms with van der Waals surface area (Å²) >= 11 is 0. The molecule has 4 heteroatoms. The van der Waals surface area contributed by atoms with E-state index in [1.165, 1.54) is 19.3 Å². The standard InChI is InChI=1S/C14H26N2O2/c1-2-10(6-7-17)8-16-14(18)13-12-5-3-4-11(12)9-15-13/h10-13,15,17H,2-9H2,1H3,(H,16,18). The Morgan fingerprint density at radius 2 is 2.33 bits per heavy atom. The van der Waals surface area contributed by atoms with E-state index in [1.54, 1.807) is 0 Å². The quantitative estimate of drug-likeness (QED) is 0.660. The fraction of sp³-hybridized carbons (Fsp3) is 0.929. The molecule has 1 aliphatic carbocycles. The van der Waals surface area contributed by atoms with Crippen molar-refractivity contribution in [3.8, 4) is 0 Å². The smallest absolute Gasteiger partial charge is 0.237 e. The fourth-order valence-electron chi connectivity index (χ4n) is 3.46. The third-order valence-corrected chi connectivity index (χ3v) is 4.71. The molecule has 104 valence electrons. The molecule has 1 saturated heterocycles. The summed E-state index contributed by atoms with van der Waals surface area (Å²) in [6.45, 7) is 4.02. The predicted molar refractivity (Wildman–Crippen MR) is 71.1 cm³/mol. The van der Waals surface area contributed by atoms with Gasteiger partial charge in [0.15, 0.2) is 0 Å². The average Bonchev–Trinajstić information content (AvgIpc) is 2.96. The maximum Gasteiger partial charge on any atom is 0.237 e. The van der Waals surface area contributed by atoms with Crippen LogP contribution < -0.4 is 10.6 Å². The number of nitrogens with one attached hydrogen (secondary N) is 2. The van der Waals surface area contributed by atoms with Crippen LogP contribution in [0.1, 0.15) is 39.0 Å². The molecule has 0 bridgehead atoms. The van der Waals surface area contributed by atoms with Crippen molar-refractivity contribution in [2.24, 2.45) is 17.8 Å². The Morgan fingerprint density at radius 1 is 1.50 bits per heavy atom. The maximum atomic E-state index is 12.2. The fourth-order valence-corrected chi connectivity index (χ4v) is 3.46. The van der Waals surface area contributed by atoms with Crippen LogP contribution in [-0.2, 0) is 4.79 Å². The normalized spacial score (nSPS) is 32.2. The molecule has 3 N–H and O–H groups in total. The first-order valence-electron chi connectivity index (χ1n) is 7.38. The summed E-state index contributed by atoms with van der Waals surface area (Å²) < 4.78 is 0. The highest BCUT2D eigenvalue weighted by atomic mass is 16.3. The van der Waals surface area contributed by atoms with E-state index < -0.39 is 0 Å². The number of aliphatic hydroxyl groups excluding tert-OH is 1. The van der Waals surface area contributed by atoms with Crippen LogP contribution in [0.5, 0.6) is 0 Å².